The van der Waals surface area contributed by atoms with Crippen molar-refractivity contribution in [1.29, 1.82) is 0 Å². The summed E-state index contributed by atoms with van der Waals surface area (Å²) in [5.41, 5.74) is 21.9. The molecule has 15 aromatic rings. The first-order valence-electron chi connectivity index (χ1n) is 26.6. The summed E-state index contributed by atoms with van der Waals surface area (Å²) in [7, 11) is 8.54. The number of nitrogens with zero attached hydrogens (tertiary/aromatic N) is 4. The van der Waals surface area contributed by atoms with E-state index < -0.39 is 0 Å². The van der Waals surface area contributed by atoms with Gasteiger partial charge >= 0.3 is 0 Å². The Balaban J connectivity index is 0.000000106. The van der Waals surface area contributed by atoms with Crippen LogP contribution in [0.25, 0.3) is 121 Å². The van der Waals surface area contributed by atoms with E-state index in [-0.39, 0.29) is 0 Å². The van der Waals surface area contributed by atoms with Gasteiger partial charge in [0.2, 0.25) is 0 Å². The smallest absolute Gasteiger partial charge is 0.0489 e. The van der Waals surface area contributed by atoms with E-state index >= 15 is 0 Å². The van der Waals surface area contributed by atoms with Gasteiger partial charge in [0.25, 0.3) is 0 Å². The van der Waals surface area contributed by atoms with Crippen molar-refractivity contribution in [3.8, 4) is 33.4 Å². The summed E-state index contributed by atoms with van der Waals surface area (Å²) in [4.78, 5) is 0. The van der Waals surface area contributed by atoms with E-state index in [1.807, 2.05) is 0 Å². The van der Waals surface area contributed by atoms with E-state index in [9.17, 15) is 0 Å². The second kappa shape index (κ2) is 20.4. The Kier molecular flexibility index (Phi) is 12.9. The fourth-order valence-corrected chi connectivity index (χ4v) is 11.5. The van der Waals surface area contributed by atoms with Gasteiger partial charge < -0.3 is 18.3 Å². The van der Waals surface area contributed by atoms with Crippen molar-refractivity contribution in [2.24, 2.45) is 28.2 Å². The number of fused-ring (bicyclic) bond motifs is 12. The van der Waals surface area contributed by atoms with E-state index in [0.717, 1.165) is 0 Å². The molecule has 0 aliphatic rings. The fraction of sp³-hybridized carbons (Fsp3) is 0.0959. The maximum atomic E-state index is 2.32. The number of aryl methyl sites for hydroxylation is 7. The highest BCUT2D eigenvalue weighted by atomic mass is 14.9. The molecule has 77 heavy (non-hydrogen) atoms. The summed E-state index contributed by atoms with van der Waals surface area (Å²) in [6.07, 6.45) is 0. The van der Waals surface area contributed by atoms with Gasteiger partial charge in [0.05, 0.1) is 0 Å². The van der Waals surface area contributed by atoms with Crippen LogP contribution in [0, 0.1) is 20.8 Å². The van der Waals surface area contributed by atoms with Gasteiger partial charge in [-0.15, -0.1) is 0 Å². The van der Waals surface area contributed by atoms with Crippen molar-refractivity contribution in [3.63, 3.8) is 0 Å². The van der Waals surface area contributed by atoms with Gasteiger partial charge in [0, 0.05) is 115 Å². The number of rotatable bonds is 3. The number of benzene rings is 11. The van der Waals surface area contributed by atoms with Crippen LogP contribution in [0.1, 0.15) is 16.7 Å². The predicted octanol–water partition coefficient (Wildman–Crippen LogP) is 19.3. The molecular weight excluding hydrogens is 933 g/mol. The van der Waals surface area contributed by atoms with Crippen LogP contribution < -0.4 is 0 Å². The largest absolute Gasteiger partial charge is 0.344 e. The van der Waals surface area contributed by atoms with Crippen molar-refractivity contribution in [1.82, 2.24) is 18.3 Å². The summed E-state index contributed by atoms with van der Waals surface area (Å²) < 4.78 is 9.07. The highest BCUT2D eigenvalue weighted by Crippen LogP contribution is 2.36. The second-order valence-corrected chi connectivity index (χ2v) is 20.6. The molecule has 0 N–H and O–H groups in total. The van der Waals surface area contributed by atoms with Crippen LogP contribution in [0.15, 0.2) is 249 Å². The van der Waals surface area contributed by atoms with Gasteiger partial charge in [-0.05, 0) is 139 Å². The Morgan fingerprint density at radius 2 is 0.403 bits per heavy atom. The topological polar surface area (TPSA) is 19.7 Å². The normalized spacial score (nSPS) is 11.3. The Morgan fingerprint density at radius 3 is 0.714 bits per heavy atom. The Morgan fingerprint density at radius 1 is 0.182 bits per heavy atom. The third kappa shape index (κ3) is 9.12. The van der Waals surface area contributed by atoms with Gasteiger partial charge in [0.15, 0.2) is 0 Å². The van der Waals surface area contributed by atoms with Gasteiger partial charge in [-0.1, -0.05) is 180 Å². The zero-order chi connectivity index (χ0) is 52.7. The van der Waals surface area contributed by atoms with E-state index in [2.05, 4.69) is 316 Å². The SMILES string of the molecule is Cc1ccc2c(c1)c1cc(C)ccc1n2C.Cc1ccc2c(c1)c1ccccc1n2C.Cn1c2ccc(-c3ccccc3)cc2c2cc(-c3ccccc3)ccc21.Cn1c2ccccc2c2cc(-c3ccccc3)ccc21. The molecule has 0 radical (unpaired) electrons. The van der Waals surface area contributed by atoms with E-state index in [4.69, 9.17) is 0 Å². The van der Waals surface area contributed by atoms with Crippen molar-refractivity contribution in [2.45, 2.75) is 20.8 Å². The maximum absolute atomic E-state index is 2.32. The zero-order valence-corrected chi connectivity index (χ0v) is 45.0. The molecule has 4 nitrogen and oxygen atoms in total. The third-order valence-electron chi connectivity index (χ3n) is 15.6. The van der Waals surface area contributed by atoms with Gasteiger partial charge in [-0.2, -0.15) is 0 Å². The molecule has 0 bridgehead atoms. The molecule has 0 unspecified atom stereocenters. The first kappa shape index (κ1) is 48.6. The van der Waals surface area contributed by atoms with Crippen LogP contribution in [-0.4, -0.2) is 18.3 Å². The minimum absolute atomic E-state index is 1.26. The van der Waals surface area contributed by atoms with Crippen molar-refractivity contribution in [2.75, 3.05) is 0 Å². The monoisotopic (exact) mass is 994 g/mol. The van der Waals surface area contributed by atoms with E-state index in [1.54, 1.807) is 0 Å². The van der Waals surface area contributed by atoms with E-state index in [0.29, 0.717) is 0 Å². The molecule has 15 rings (SSSR count). The van der Waals surface area contributed by atoms with E-state index in [1.165, 1.54) is 137 Å². The molecule has 0 atom stereocenters. The van der Waals surface area contributed by atoms with Gasteiger partial charge in [-0.25, -0.2) is 0 Å². The average molecular weight is 995 g/mol. The van der Waals surface area contributed by atoms with Crippen molar-refractivity contribution >= 4 is 87.2 Å². The van der Waals surface area contributed by atoms with Crippen LogP contribution in [0.5, 0.6) is 0 Å². The number of para-hydroxylation sites is 2. The van der Waals surface area contributed by atoms with Gasteiger partial charge in [-0.3, -0.25) is 0 Å². The number of hydrogen-bond acceptors (Lipinski definition) is 0. The second-order valence-electron chi connectivity index (χ2n) is 20.6. The quantitative estimate of drug-likeness (QED) is 0.168. The van der Waals surface area contributed by atoms with Crippen molar-refractivity contribution in [3.05, 3.63) is 265 Å². The molecule has 4 heterocycles. The predicted molar refractivity (Wildman–Crippen MR) is 332 cm³/mol. The molecule has 0 fully saturated rings. The zero-order valence-electron chi connectivity index (χ0n) is 45.0. The molecule has 11 aromatic carbocycles. The minimum Gasteiger partial charge on any atom is -0.344 e. The van der Waals surface area contributed by atoms with Crippen LogP contribution in [0.2, 0.25) is 0 Å². The molecule has 0 saturated carbocycles. The van der Waals surface area contributed by atoms with Gasteiger partial charge in [0.1, 0.15) is 0 Å². The van der Waals surface area contributed by atoms with Crippen molar-refractivity contribution < 1.29 is 0 Å². The molecule has 0 spiro atoms. The standard InChI is InChI=1S/C25H19N.C19H15N.C15H15N.C14H13N/c1-26-24-14-12-20(18-8-4-2-5-9-18)16-22(24)23-17-21(13-15-25(23)26)19-10-6-3-7-11-19;1-20-18-10-6-5-9-16(18)17-13-15(11-12-19(17)20)14-7-3-2-4-8-14;1-10-4-6-14-12(8-10)13-9-11(2)5-7-15(13)16(14)3;1-10-7-8-14-12(9-10)11-5-3-4-6-13(11)15(14)2/h2-17H,1H3;2-13H,1H3;4-9H,1-3H3;3-9H,1-2H3. The molecular formula is C73H62N4. The summed E-state index contributed by atoms with van der Waals surface area (Å²) in [5, 5.41) is 10.7. The van der Waals surface area contributed by atoms with Crippen LogP contribution in [0.3, 0.4) is 0 Å². The lowest BCUT2D eigenvalue weighted by Crippen LogP contribution is -1.86. The summed E-state index contributed by atoms with van der Waals surface area (Å²) >= 11 is 0. The van der Waals surface area contributed by atoms with Crippen LogP contribution in [0.4, 0.5) is 0 Å². The first-order valence-corrected chi connectivity index (χ1v) is 26.6. The molecule has 0 saturated heterocycles. The number of aromatic nitrogens is 4. The number of hydrogen-bond donors (Lipinski definition) is 0. The molecule has 4 heteroatoms. The Hall–Kier alpha value is -9.38. The average Bonchev–Trinajstić information content (AvgIpc) is 4.18. The highest BCUT2D eigenvalue weighted by molar-refractivity contribution is 6.12. The molecule has 4 aromatic heterocycles. The lowest BCUT2D eigenvalue weighted by molar-refractivity contribution is 1.01. The summed E-state index contributed by atoms with van der Waals surface area (Å²) in [5.74, 6) is 0. The Labute approximate surface area is 450 Å². The Bertz CT molecular complexity index is 4470. The maximum Gasteiger partial charge on any atom is 0.0489 e. The first-order chi connectivity index (χ1) is 37.6. The molecule has 0 aliphatic heterocycles. The lowest BCUT2D eigenvalue weighted by atomic mass is 10.0. The van der Waals surface area contributed by atoms with Crippen LogP contribution >= 0.6 is 0 Å². The summed E-state index contributed by atoms with van der Waals surface area (Å²) in [6, 6.07) is 89.1. The molecule has 0 aliphatic carbocycles. The lowest BCUT2D eigenvalue weighted by Gasteiger charge is -2.03. The molecule has 0 amide bonds. The minimum atomic E-state index is 1.26. The fourth-order valence-electron chi connectivity index (χ4n) is 11.5. The summed E-state index contributed by atoms with van der Waals surface area (Å²) in [6.45, 7) is 6.43. The highest BCUT2D eigenvalue weighted by Gasteiger charge is 2.13. The third-order valence-corrected chi connectivity index (χ3v) is 15.6. The molecule has 374 valence electrons. The van der Waals surface area contributed by atoms with Crippen LogP contribution in [-0.2, 0) is 28.2 Å².